The number of hydrogen-bond donors (Lipinski definition) is 3. The molecule has 0 aliphatic rings. The first-order chi connectivity index (χ1) is 11.6. The smallest absolute Gasteiger partial charge is 0.241 e. The molecule has 0 saturated heterocycles. The van der Waals surface area contributed by atoms with E-state index in [1.807, 2.05) is 25.5 Å². The molecule has 1 unspecified atom stereocenters. The maximum absolute atomic E-state index is 12.4. The van der Waals surface area contributed by atoms with Gasteiger partial charge in [0.1, 0.15) is 6.04 Å². The predicted molar refractivity (Wildman–Crippen MR) is 94.8 cm³/mol. The standard InChI is InChI=1S/C18H23N5O/c1-12-5-4-6-15-16(12)13(9-21-15)7-8-20-18(24)17(19-2)14-10-22-23(3)11-14/h4-6,9-11,17,19,21H,7-8H2,1-3H3,(H,20,24). The van der Waals surface area contributed by atoms with E-state index in [4.69, 9.17) is 0 Å². The fraction of sp³-hybridized carbons (Fsp3) is 0.333. The lowest BCUT2D eigenvalue weighted by Gasteiger charge is -2.14. The van der Waals surface area contributed by atoms with Crippen molar-refractivity contribution in [1.29, 1.82) is 0 Å². The molecule has 0 radical (unpaired) electrons. The summed E-state index contributed by atoms with van der Waals surface area (Å²) in [7, 11) is 3.62. The van der Waals surface area contributed by atoms with Crippen LogP contribution >= 0.6 is 0 Å². The zero-order chi connectivity index (χ0) is 17.1. The zero-order valence-corrected chi connectivity index (χ0v) is 14.3. The van der Waals surface area contributed by atoms with Gasteiger partial charge >= 0.3 is 0 Å². The molecule has 0 saturated carbocycles. The van der Waals surface area contributed by atoms with E-state index in [0.29, 0.717) is 6.54 Å². The van der Waals surface area contributed by atoms with Gasteiger partial charge in [-0.05, 0) is 37.6 Å². The maximum Gasteiger partial charge on any atom is 0.241 e. The Kier molecular flexibility index (Phi) is 4.66. The van der Waals surface area contributed by atoms with Crippen LogP contribution in [-0.4, -0.2) is 34.3 Å². The Hall–Kier alpha value is -2.60. The predicted octanol–water partition coefficient (Wildman–Crippen LogP) is 1.83. The number of aromatic amines is 1. The highest BCUT2D eigenvalue weighted by Gasteiger charge is 2.19. The van der Waals surface area contributed by atoms with Gasteiger partial charge in [-0.15, -0.1) is 0 Å². The van der Waals surface area contributed by atoms with Gasteiger partial charge in [0.2, 0.25) is 5.91 Å². The summed E-state index contributed by atoms with van der Waals surface area (Å²) in [6.45, 7) is 2.70. The summed E-state index contributed by atoms with van der Waals surface area (Å²) < 4.78 is 1.70. The molecule has 0 aliphatic carbocycles. The van der Waals surface area contributed by atoms with Crippen molar-refractivity contribution in [2.24, 2.45) is 7.05 Å². The van der Waals surface area contributed by atoms with Gasteiger partial charge in [0.25, 0.3) is 0 Å². The molecule has 6 heteroatoms. The van der Waals surface area contributed by atoms with Gasteiger partial charge in [-0.2, -0.15) is 5.10 Å². The summed E-state index contributed by atoms with van der Waals surface area (Å²) in [6.07, 6.45) is 6.38. The van der Waals surface area contributed by atoms with Crippen molar-refractivity contribution in [3.05, 3.63) is 53.5 Å². The van der Waals surface area contributed by atoms with E-state index < -0.39 is 0 Å². The van der Waals surface area contributed by atoms with Crippen LogP contribution in [0.15, 0.2) is 36.8 Å². The quantitative estimate of drug-likeness (QED) is 0.647. The van der Waals surface area contributed by atoms with E-state index >= 15 is 0 Å². The van der Waals surface area contributed by atoms with Gasteiger partial charge in [0, 0.05) is 42.5 Å². The van der Waals surface area contributed by atoms with E-state index in [2.05, 4.69) is 39.8 Å². The number of hydrogen-bond acceptors (Lipinski definition) is 3. The van der Waals surface area contributed by atoms with Crippen molar-refractivity contribution in [3.63, 3.8) is 0 Å². The molecule has 0 bridgehead atoms. The molecule has 2 heterocycles. The molecule has 0 aliphatic heterocycles. The molecule has 1 aromatic carbocycles. The van der Waals surface area contributed by atoms with Gasteiger partial charge in [-0.25, -0.2) is 0 Å². The average Bonchev–Trinajstić information content (AvgIpc) is 3.16. The molecule has 1 amide bonds. The fourth-order valence-corrected chi connectivity index (χ4v) is 3.11. The van der Waals surface area contributed by atoms with Crippen molar-refractivity contribution in [2.45, 2.75) is 19.4 Å². The van der Waals surface area contributed by atoms with E-state index in [0.717, 1.165) is 17.5 Å². The molecule has 3 N–H and O–H groups in total. The second-order valence-electron chi connectivity index (χ2n) is 6.02. The monoisotopic (exact) mass is 325 g/mol. The lowest BCUT2D eigenvalue weighted by Crippen LogP contribution is -2.36. The van der Waals surface area contributed by atoms with Gasteiger partial charge in [-0.3, -0.25) is 9.48 Å². The molecule has 24 heavy (non-hydrogen) atoms. The molecule has 3 aromatic rings. The number of H-pyrrole nitrogens is 1. The van der Waals surface area contributed by atoms with Crippen molar-refractivity contribution >= 4 is 16.8 Å². The highest BCUT2D eigenvalue weighted by Crippen LogP contribution is 2.22. The number of likely N-dealkylation sites (N-methyl/N-ethyl adjacent to an activating group) is 1. The van der Waals surface area contributed by atoms with Gasteiger partial charge < -0.3 is 15.6 Å². The second-order valence-corrected chi connectivity index (χ2v) is 6.02. The Morgan fingerprint density at radius 2 is 2.25 bits per heavy atom. The first-order valence-corrected chi connectivity index (χ1v) is 8.09. The minimum absolute atomic E-state index is 0.0398. The largest absolute Gasteiger partial charge is 0.361 e. The number of nitrogens with one attached hydrogen (secondary N) is 3. The number of benzene rings is 1. The number of carbonyl (C=O) groups is 1. The highest BCUT2D eigenvalue weighted by atomic mass is 16.2. The molecule has 1 atom stereocenters. The Labute approximate surface area is 141 Å². The number of carbonyl (C=O) groups excluding carboxylic acids is 1. The Bertz CT molecular complexity index is 848. The minimum atomic E-state index is -0.386. The third-order valence-corrected chi connectivity index (χ3v) is 4.30. The highest BCUT2D eigenvalue weighted by molar-refractivity contribution is 5.86. The Morgan fingerprint density at radius 1 is 1.42 bits per heavy atom. The number of aryl methyl sites for hydroxylation is 2. The summed E-state index contributed by atoms with van der Waals surface area (Å²) >= 11 is 0. The lowest BCUT2D eigenvalue weighted by molar-refractivity contribution is -0.123. The van der Waals surface area contributed by atoms with Crippen molar-refractivity contribution < 1.29 is 4.79 Å². The van der Waals surface area contributed by atoms with Crippen LogP contribution in [0.3, 0.4) is 0 Å². The normalized spacial score (nSPS) is 12.5. The molecular weight excluding hydrogens is 302 g/mol. The minimum Gasteiger partial charge on any atom is -0.361 e. The van der Waals surface area contributed by atoms with Gasteiger partial charge in [0.15, 0.2) is 0 Å². The summed E-state index contributed by atoms with van der Waals surface area (Å²) in [5.41, 5.74) is 4.48. The van der Waals surface area contributed by atoms with Gasteiger partial charge in [0.05, 0.1) is 6.20 Å². The van der Waals surface area contributed by atoms with Crippen LogP contribution in [-0.2, 0) is 18.3 Å². The summed E-state index contributed by atoms with van der Waals surface area (Å²) in [5, 5.41) is 11.4. The van der Waals surface area contributed by atoms with Crippen molar-refractivity contribution in [1.82, 2.24) is 25.4 Å². The number of fused-ring (bicyclic) bond motifs is 1. The van der Waals surface area contributed by atoms with Crippen LogP contribution < -0.4 is 10.6 Å². The topological polar surface area (TPSA) is 74.7 Å². The van der Waals surface area contributed by atoms with Crippen molar-refractivity contribution in [3.8, 4) is 0 Å². The average molecular weight is 325 g/mol. The van der Waals surface area contributed by atoms with E-state index in [1.165, 1.54) is 16.5 Å². The number of nitrogens with zero attached hydrogens (tertiary/aromatic N) is 2. The van der Waals surface area contributed by atoms with Crippen LogP contribution in [0.4, 0.5) is 0 Å². The molecule has 0 fully saturated rings. The van der Waals surface area contributed by atoms with Crippen molar-refractivity contribution in [2.75, 3.05) is 13.6 Å². The molecule has 3 rings (SSSR count). The fourth-order valence-electron chi connectivity index (χ4n) is 3.11. The summed E-state index contributed by atoms with van der Waals surface area (Å²) in [5.74, 6) is -0.0398. The summed E-state index contributed by atoms with van der Waals surface area (Å²) in [4.78, 5) is 15.7. The zero-order valence-electron chi connectivity index (χ0n) is 14.3. The number of rotatable bonds is 6. The SMILES string of the molecule is CNC(C(=O)NCCc1c[nH]c2cccc(C)c12)c1cnn(C)c1. The molecule has 126 valence electrons. The van der Waals surface area contributed by atoms with Crippen LogP contribution in [0.5, 0.6) is 0 Å². The first-order valence-electron chi connectivity index (χ1n) is 8.09. The molecule has 0 spiro atoms. The van der Waals surface area contributed by atoms with E-state index in [-0.39, 0.29) is 11.9 Å². The van der Waals surface area contributed by atoms with Crippen LogP contribution in [0, 0.1) is 6.92 Å². The first kappa shape index (κ1) is 16.3. The third kappa shape index (κ3) is 3.19. The maximum atomic E-state index is 12.4. The van der Waals surface area contributed by atoms with Crippen LogP contribution in [0.2, 0.25) is 0 Å². The molecule has 6 nitrogen and oxygen atoms in total. The third-order valence-electron chi connectivity index (χ3n) is 4.30. The van der Waals surface area contributed by atoms with E-state index in [1.54, 1.807) is 17.9 Å². The van der Waals surface area contributed by atoms with Gasteiger partial charge in [-0.1, -0.05) is 12.1 Å². The van der Waals surface area contributed by atoms with Crippen LogP contribution in [0.25, 0.3) is 10.9 Å². The summed E-state index contributed by atoms with van der Waals surface area (Å²) in [6, 6.07) is 5.84. The second kappa shape index (κ2) is 6.88. The Morgan fingerprint density at radius 3 is 2.96 bits per heavy atom. The lowest BCUT2D eigenvalue weighted by atomic mass is 10.1. The Balaban J connectivity index is 1.64. The molecule has 2 aromatic heterocycles. The number of amides is 1. The van der Waals surface area contributed by atoms with E-state index in [9.17, 15) is 4.79 Å². The number of aromatic nitrogens is 3. The molecular formula is C18H23N5O. The van der Waals surface area contributed by atoms with Crippen LogP contribution in [0.1, 0.15) is 22.7 Å².